The van der Waals surface area contributed by atoms with Crippen LogP contribution in [0.25, 0.3) is 10.8 Å². The van der Waals surface area contributed by atoms with Crippen molar-refractivity contribution in [3.05, 3.63) is 94.7 Å². The van der Waals surface area contributed by atoms with Crippen molar-refractivity contribution in [1.82, 2.24) is 20.8 Å². The van der Waals surface area contributed by atoms with Gasteiger partial charge in [0.15, 0.2) is 5.82 Å². The van der Waals surface area contributed by atoms with Crippen LogP contribution < -0.4 is 21.5 Å². The van der Waals surface area contributed by atoms with Gasteiger partial charge in [0.2, 0.25) is 11.8 Å². The topological polar surface area (TPSA) is 129 Å². The zero-order valence-electron chi connectivity index (χ0n) is 19.8. The zero-order chi connectivity index (χ0) is 25.2. The fourth-order valence-corrected chi connectivity index (χ4v) is 4.00. The third-order valence-electron chi connectivity index (χ3n) is 5.84. The van der Waals surface area contributed by atoms with Crippen molar-refractivity contribution in [1.29, 1.82) is 0 Å². The number of carbonyl (C=O) groups is 2. The summed E-state index contributed by atoms with van der Waals surface area (Å²) < 4.78 is 5.25. The second-order valence-corrected chi connectivity index (χ2v) is 8.45. The van der Waals surface area contributed by atoms with Crippen LogP contribution in [-0.2, 0) is 16.1 Å². The molecule has 4 N–H and O–H groups in total. The molecule has 0 aliphatic heterocycles. The first-order valence-electron chi connectivity index (χ1n) is 11.9. The Morgan fingerprint density at radius 2 is 1.58 bits per heavy atom. The van der Waals surface area contributed by atoms with Gasteiger partial charge in [0.05, 0.1) is 18.2 Å². The molecule has 2 amide bonds. The number of rotatable bonds is 12. The van der Waals surface area contributed by atoms with Crippen molar-refractivity contribution in [2.75, 3.05) is 18.4 Å². The Balaban J connectivity index is 1.25. The van der Waals surface area contributed by atoms with Gasteiger partial charge in [-0.2, -0.15) is 5.10 Å². The van der Waals surface area contributed by atoms with E-state index < -0.39 is 0 Å². The number of amides is 2. The number of hydrogen-bond donors (Lipinski definition) is 4. The smallest absolute Gasteiger partial charge is 0.272 e. The van der Waals surface area contributed by atoms with E-state index in [0.29, 0.717) is 43.0 Å². The fraction of sp³-hybridized carbons (Fsp3) is 0.259. The predicted octanol–water partition coefficient (Wildman–Crippen LogP) is 3.31. The van der Waals surface area contributed by atoms with Gasteiger partial charge in [0, 0.05) is 37.2 Å². The lowest BCUT2D eigenvalue weighted by Crippen LogP contribution is -2.30. The minimum absolute atomic E-state index is 0.115. The maximum atomic E-state index is 12.7. The van der Waals surface area contributed by atoms with Crippen molar-refractivity contribution in [3.63, 3.8) is 0 Å². The van der Waals surface area contributed by atoms with E-state index in [1.165, 1.54) is 0 Å². The maximum absolute atomic E-state index is 12.7. The second-order valence-electron chi connectivity index (χ2n) is 8.45. The average Bonchev–Trinajstić information content (AvgIpc) is 3.43. The predicted molar refractivity (Wildman–Crippen MR) is 137 cm³/mol. The monoisotopic (exact) mass is 487 g/mol. The molecule has 0 aliphatic carbocycles. The van der Waals surface area contributed by atoms with Gasteiger partial charge in [-0.15, -0.1) is 0 Å². The Labute approximate surface area is 208 Å². The van der Waals surface area contributed by atoms with Crippen molar-refractivity contribution >= 4 is 28.4 Å². The summed E-state index contributed by atoms with van der Waals surface area (Å²) in [7, 11) is 0. The minimum Gasteiger partial charge on any atom is -0.467 e. The molecular weight excluding hydrogens is 458 g/mol. The number of furan rings is 1. The van der Waals surface area contributed by atoms with Gasteiger partial charge in [0.1, 0.15) is 5.76 Å². The molecule has 1 atom stereocenters. The largest absolute Gasteiger partial charge is 0.467 e. The molecule has 9 nitrogen and oxygen atoms in total. The summed E-state index contributed by atoms with van der Waals surface area (Å²) in [5, 5.41) is 16.9. The molecule has 0 radical (unpaired) electrons. The van der Waals surface area contributed by atoms with Crippen molar-refractivity contribution < 1.29 is 14.0 Å². The van der Waals surface area contributed by atoms with Crippen molar-refractivity contribution in [2.24, 2.45) is 0 Å². The molecule has 4 rings (SSSR count). The molecule has 0 spiro atoms. The summed E-state index contributed by atoms with van der Waals surface area (Å²) in [5.41, 5.74) is 0.713. The number of fused-ring (bicyclic) bond motifs is 1. The molecule has 2 heterocycles. The quantitative estimate of drug-likeness (QED) is 0.227. The van der Waals surface area contributed by atoms with Crippen molar-refractivity contribution in [3.8, 4) is 0 Å². The number of nitrogens with zero attached hydrogens (tertiary/aromatic N) is 1. The van der Waals surface area contributed by atoms with Crippen LogP contribution in [0.3, 0.4) is 0 Å². The highest BCUT2D eigenvalue weighted by molar-refractivity contribution is 5.90. The molecule has 1 unspecified atom stereocenters. The van der Waals surface area contributed by atoms with Crippen LogP contribution in [0, 0.1) is 0 Å². The normalized spacial score (nSPS) is 11.7. The summed E-state index contributed by atoms with van der Waals surface area (Å²) in [6.07, 6.45) is 2.64. The van der Waals surface area contributed by atoms with Gasteiger partial charge in [-0.1, -0.05) is 48.5 Å². The molecule has 2 aromatic heterocycles. The van der Waals surface area contributed by atoms with E-state index >= 15 is 0 Å². The third-order valence-corrected chi connectivity index (χ3v) is 5.84. The number of aromatic amines is 1. The number of aromatic nitrogens is 2. The molecule has 0 saturated heterocycles. The van der Waals surface area contributed by atoms with Crippen LogP contribution in [0.15, 0.2) is 82.2 Å². The van der Waals surface area contributed by atoms with Gasteiger partial charge >= 0.3 is 0 Å². The van der Waals surface area contributed by atoms with Gasteiger partial charge in [-0.3, -0.25) is 14.4 Å². The van der Waals surface area contributed by atoms with Crippen molar-refractivity contribution in [2.45, 2.75) is 31.7 Å². The molecule has 9 heteroatoms. The summed E-state index contributed by atoms with van der Waals surface area (Å²) in [4.78, 5) is 37.1. The summed E-state index contributed by atoms with van der Waals surface area (Å²) in [6, 6.07) is 20.4. The molecule has 36 heavy (non-hydrogen) atoms. The van der Waals surface area contributed by atoms with E-state index in [-0.39, 0.29) is 36.1 Å². The van der Waals surface area contributed by atoms with Crippen LogP contribution in [0.2, 0.25) is 0 Å². The molecule has 0 saturated carbocycles. The van der Waals surface area contributed by atoms with E-state index in [0.717, 1.165) is 10.9 Å². The zero-order valence-corrected chi connectivity index (χ0v) is 19.8. The molecule has 186 valence electrons. The highest BCUT2D eigenvalue weighted by Gasteiger charge is 2.19. The SMILES string of the molecule is O=C(CC(CC(=O)NCc1ccco1)c1ccccc1)NCCCNc1n[nH]c(=O)c2ccccc12. The minimum atomic E-state index is -0.238. The van der Waals surface area contributed by atoms with Gasteiger partial charge in [0.25, 0.3) is 5.56 Å². The highest BCUT2D eigenvalue weighted by atomic mass is 16.3. The van der Waals surface area contributed by atoms with Gasteiger partial charge in [-0.05, 0) is 30.2 Å². The summed E-state index contributed by atoms with van der Waals surface area (Å²) in [5.74, 6) is 0.781. The number of anilines is 1. The van der Waals surface area contributed by atoms with Crippen LogP contribution in [0.5, 0.6) is 0 Å². The first-order valence-corrected chi connectivity index (χ1v) is 11.9. The molecule has 0 fully saturated rings. The first kappa shape index (κ1) is 24.7. The number of nitrogens with one attached hydrogen (secondary N) is 4. The number of hydrogen-bond acceptors (Lipinski definition) is 6. The van der Waals surface area contributed by atoms with Crippen LogP contribution in [-0.4, -0.2) is 35.1 Å². The molecule has 4 aromatic rings. The Kier molecular flexibility index (Phi) is 8.48. The molecule has 0 aliphatic rings. The molecular formula is C27H29N5O4. The number of carbonyl (C=O) groups excluding carboxylic acids is 2. The van der Waals surface area contributed by atoms with E-state index in [4.69, 9.17) is 4.42 Å². The summed E-state index contributed by atoms with van der Waals surface area (Å²) in [6.45, 7) is 1.35. The Hall–Kier alpha value is -4.40. The number of H-pyrrole nitrogens is 1. The maximum Gasteiger partial charge on any atom is 0.272 e. The van der Waals surface area contributed by atoms with Crippen LogP contribution >= 0.6 is 0 Å². The lowest BCUT2D eigenvalue weighted by Gasteiger charge is -2.17. The Morgan fingerprint density at radius 3 is 2.33 bits per heavy atom. The summed E-state index contributed by atoms with van der Waals surface area (Å²) >= 11 is 0. The molecule has 0 bridgehead atoms. The van der Waals surface area contributed by atoms with Gasteiger partial charge in [-0.25, -0.2) is 5.10 Å². The third kappa shape index (κ3) is 6.82. The van der Waals surface area contributed by atoms with E-state index in [2.05, 4.69) is 26.1 Å². The fourth-order valence-electron chi connectivity index (χ4n) is 4.00. The van der Waals surface area contributed by atoms with E-state index in [9.17, 15) is 14.4 Å². The lowest BCUT2D eigenvalue weighted by atomic mass is 9.91. The lowest BCUT2D eigenvalue weighted by molar-refractivity contribution is -0.123. The Morgan fingerprint density at radius 1 is 0.861 bits per heavy atom. The van der Waals surface area contributed by atoms with E-state index in [1.807, 2.05) is 48.5 Å². The van der Waals surface area contributed by atoms with Crippen LogP contribution in [0.1, 0.15) is 36.5 Å². The first-order chi connectivity index (χ1) is 17.6. The Bertz CT molecular complexity index is 1340. The molecule has 2 aromatic carbocycles. The second kappa shape index (κ2) is 12.3. The van der Waals surface area contributed by atoms with Crippen LogP contribution in [0.4, 0.5) is 5.82 Å². The standard InChI is InChI=1S/C27H29N5O4/c33-24(28-13-7-14-29-26-22-11-4-5-12-23(22)27(35)32-31-26)16-20(19-8-2-1-3-9-19)17-25(34)30-18-21-10-6-15-36-21/h1-6,8-12,15,20H,7,13-14,16-18H2,(H,28,33)(H,29,31)(H,30,34)(H,32,35). The highest BCUT2D eigenvalue weighted by Crippen LogP contribution is 2.23. The van der Waals surface area contributed by atoms with Gasteiger partial charge < -0.3 is 20.4 Å². The van der Waals surface area contributed by atoms with E-state index in [1.54, 1.807) is 24.5 Å². The number of benzene rings is 2. The average molecular weight is 488 g/mol.